The molecule has 0 aliphatic carbocycles. The number of nitrogens with zero attached hydrogens (tertiary/aromatic N) is 4. The standard InChI is InChI=1S/C18H24N4O3/c23-17-12-22(11-16(17)20-7-9-25-10-8-20)18(24)5-6-21-13-19-14-3-1-2-4-15(14)21/h1-4,13,16-17,23H,5-12H2/t16-,17-/m1/s1. The van der Waals surface area contributed by atoms with Crippen LogP contribution in [0.3, 0.4) is 0 Å². The Bertz CT molecular complexity index is 741. The van der Waals surface area contributed by atoms with Gasteiger partial charge < -0.3 is 19.3 Å². The van der Waals surface area contributed by atoms with Crippen molar-refractivity contribution in [1.29, 1.82) is 0 Å². The normalized spacial score (nSPS) is 24.9. The van der Waals surface area contributed by atoms with Crippen molar-refractivity contribution in [2.75, 3.05) is 39.4 Å². The number of para-hydroxylation sites is 2. The highest BCUT2D eigenvalue weighted by Crippen LogP contribution is 2.19. The molecular weight excluding hydrogens is 320 g/mol. The molecular formula is C18H24N4O3. The van der Waals surface area contributed by atoms with Crippen molar-refractivity contribution < 1.29 is 14.6 Å². The third-order valence-electron chi connectivity index (χ3n) is 5.22. The number of carbonyl (C=O) groups excluding carboxylic acids is 1. The predicted molar refractivity (Wildman–Crippen MR) is 93.1 cm³/mol. The first kappa shape index (κ1) is 16.5. The Morgan fingerprint density at radius 1 is 1.24 bits per heavy atom. The number of hydrogen-bond donors (Lipinski definition) is 1. The van der Waals surface area contributed by atoms with Crippen LogP contribution in [0.2, 0.25) is 0 Å². The minimum atomic E-state index is -0.476. The monoisotopic (exact) mass is 344 g/mol. The molecule has 7 heteroatoms. The number of likely N-dealkylation sites (tertiary alicyclic amines) is 1. The van der Waals surface area contributed by atoms with Gasteiger partial charge in [-0.05, 0) is 12.1 Å². The fraction of sp³-hybridized carbons (Fsp3) is 0.556. The van der Waals surface area contributed by atoms with Gasteiger partial charge in [-0.25, -0.2) is 4.98 Å². The molecule has 3 heterocycles. The molecule has 7 nitrogen and oxygen atoms in total. The number of fused-ring (bicyclic) bond motifs is 1. The largest absolute Gasteiger partial charge is 0.390 e. The van der Waals surface area contributed by atoms with Crippen LogP contribution in [0.5, 0.6) is 0 Å². The van der Waals surface area contributed by atoms with Gasteiger partial charge >= 0.3 is 0 Å². The molecule has 0 unspecified atom stereocenters. The van der Waals surface area contributed by atoms with Crippen molar-refractivity contribution in [2.24, 2.45) is 0 Å². The number of hydrogen-bond acceptors (Lipinski definition) is 5. The van der Waals surface area contributed by atoms with Crippen LogP contribution in [0.15, 0.2) is 30.6 Å². The maximum absolute atomic E-state index is 12.6. The average molecular weight is 344 g/mol. The van der Waals surface area contributed by atoms with Crippen LogP contribution in [-0.2, 0) is 16.1 Å². The summed E-state index contributed by atoms with van der Waals surface area (Å²) in [4.78, 5) is 21.0. The van der Waals surface area contributed by atoms with Gasteiger partial charge in [-0.2, -0.15) is 0 Å². The van der Waals surface area contributed by atoms with Crippen molar-refractivity contribution in [1.82, 2.24) is 19.4 Å². The number of aromatic nitrogens is 2. The van der Waals surface area contributed by atoms with Crippen LogP contribution >= 0.6 is 0 Å². The fourth-order valence-electron chi connectivity index (χ4n) is 3.80. The van der Waals surface area contributed by atoms with E-state index in [0.29, 0.717) is 39.3 Å². The topological polar surface area (TPSA) is 70.8 Å². The van der Waals surface area contributed by atoms with E-state index in [1.54, 1.807) is 11.2 Å². The molecule has 0 bridgehead atoms. The first-order valence-corrected chi connectivity index (χ1v) is 8.90. The Kier molecular flexibility index (Phi) is 4.70. The Balaban J connectivity index is 1.35. The summed E-state index contributed by atoms with van der Waals surface area (Å²) in [5.41, 5.74) is 1.99. The molecule has 2 saturated heterocycles. The molecule has 1 aromatic carbocycles. The highest BCUT2D eigenvalue weighted by Gasteiger charge is 2.37. The second-order valence-electron chi connectivity index (χ2n) is 6.76. The van der Waals surface area contributed by atoms with E-state index in [9.17, 15) is 9.90 Å². The van der Waals surface area contributed by atoms with E-state index in [1.165, 1.54) is 0 Å². The van der Waals surface area contributed by atoms with Crippen LogP contribution in [0.25, 0.3) is 11.0 Å². The number of aliphatic hydroxyl groups excluding tert-OH is 1. The smallest absolute Gasteiger partial charge is 0.224 e. The number of benzene rings is 1. The Morgan fingerprint density at radius 3 is 2.88 bits per heavy atom. The van der Waals surface area contributed by atoms with Gasteiger partial charge in [0.1, 0.15) is 0 Å². The van der Waals surface area contributed by atoms with E-state index in [2.05, 4.69) is 9.88 Å². The molecule has 0 spiro atoms. The van der Waals surface area contributed by atoms with Crippen molar-refractivity contribution in [3.05, 3.63) is 30.6 Å². The molecule has 134 valence electrons. The number of aryl methyl sites for hydroxylation is 1. The number of carbonyl (C=O) groups is 1. The molecule has 0 radical (unpaired) electrons. The van der Waals surface area contributed by atoms with Crippen LogP contribution in [-0.4, -0.2) is 81.9 Å². The molecule has 25 heavy (non-hydrogen) atoms. The molecule has 2 aromatic rings. The quantitative estimate of drug-likeness (QED) is 0.866. The predicted octanol–water partition coefficient (Wildman–Crippen LogP) is 0.330. The molecule has 1 N–H and O–H groups in total. The summed E-state index contributed by atoms with van der Waals surface area (Å²) in [6.45, 7) is 4.68. The molecule has 4 rings (SSSR count). The lowest BCUT2D eigenvalue weighted by Crippen LogP contribution is -2.49. The second-order valence-corrected chi connectivity index (χ2v) is 6.76. The molecule has 2 aliphatic rings. The zero-order chi connectivity index (χ0) is 17.2. The van der Waals surface area contributed by atoms with E-state index in [0.717, 1.165) is 24.1 Å². The van der Waals surface area contributed by atoms with Gasteiger partial charge in [0.2, 0.25) is 5.91 Å². The summed E-state index contributed by atoms with van der Waals surface area (Å²) in [5.74, 6) is 0.0904. The van der Waals surface area contributed by atoms with Gasteiger partial charge in [-0.1, -0.05) is 12.1 Å². The third-order valence-corrected chi connectivity index (χ3v) is 5.22. The maximum atomic E-state index is 12.6. The zero-order valence-corrected chi connectivity index (χ0v) is 14.3. The Hall–Kier alpha value is -1.96. The minimum Gasteiger partial charge on any atom is -0.390 e. The van der Waals surface area contributed by atoms with Crippen molar-refractivity contribution in [3.63, 3.8) is 0 Å². The van der Waals surface area contributed by atoms with Crippen molar-refractivity contribution in [2.45, 2.75) is 25.1 Å². The van der Waals surface area contributed by atoms with Crippen LogP contribution in [0, 0.1) is 0 Å². The van der Waals surface area contributed by atoms with Gasteiger partial charge in [0.15, 0.2) is 0 Å². The summed E-state index contributed by atoms with van der Waals surface area (Å²) >= 11 is 0. The lowest BCUT2D eigenvalue weighted by Gasteiger charge is -2.33. The molecule has 2 aliphatic heterocycles. The van der Waals surface area contributed by atoms with Gasteiger partial charge in [-0.3, -0.25) is 9.69 Å². The van der Waals surface area contributed by atoms with Gasteiger partial charge in [0.05, 0.1) is 42.7 Å². The summed E-state index contributed by atoms with van der Waals surface area (Å²) in [6.07, 6.45) is 1.73. The number of ether oxygens (including phenoxy) is 1. The van der Waals surface area contributed by atoms with E-state index in [1.807, 2.05) is 28.8 Å². The fourth-order valence-corrected chi connectivity index (χ4v) is 3.80. The summed E-state index contributed by atoms with van der Waals surface area (Å²) < 4.78 is 7.38. The van der Waals surface area contributed by atoms with Gasteiger partial charge in [0.25, 0.3) is 0 Å². The minimum absolute atomic E-state index is 0.0296. The van der Waals surface area contributed by atoms with E-state index in [4.69, 9.17) is 4.74 Å². The number of β-amino-alcohol motifs (C(OH)–C–C–N with tert-alkyl or cyclic N) is 1. The Labute approximate surface area is 146 Å². The first-order chi connectivity index (χ1) is 12.2. The molecule has 0 saturated carbocycles. The number of aliphatic hydroxyl groups is 1. The van der Waals surface area contributed by atoms with Gasteiger partial charge in [0, 0.05) is 39.1 Å². The third kappa shape index (κ3) is 3.40. The van der Waals surface area contributed by atoms with E-state index < -0.39 is 6.10 Å². The van der Waals surface area contributed by atoms with E-state index in [-0.39, 0.29) is 11.9 Å². The zero-order valence-electron chi connectivity index (χ0n) is 14.3. The highest BCUT2D eigenvalue weighted by molar-refractivity contribution is 5.78. The van der Waals surface area contributed by atoms with Gasteiger partial charge in [-0.15, -0.1) is 0 Å². The maximum Gasteiger partial charge on any atom is 0.224 e. The number of imidazole rings is 1. The summed E-state index contributed by atoms with van der Waals surface area (Å²) in [7, 11) is 0. The number of amides is 1. The lowest BCUT2D eigenvalue weighted by atomic mass is 10.1. The first-order valence-electron chi connectivity index (χ1n) is 8.90. The van der Waals surface area contributed by atoms with Crippen LogP contribution in [0.4, 0.5) is 0 Å². The summed E-state index contributed by atoms with van der Waals surface area (Å²) in [5, 5.41) is 10.4. The second kappa shape index (κ2) is 7.11. The highest BCUT2D eigenvalue weighted by atomic mass is 16.5. The lowest BCUT2D eigenvalue weighted by molar-refractivity contribution is -0.130. The van der Waals surface area contributed by atoms with Crippen LogP contribution in [0.1, 0.15) is 6.42 Å². The molecule has 2 fully saturated rings. The SMILES string of the molecule is O=C(CCn1cnc2ccccc21)N1C[C@@H](O)[C@H](N2CCOCC2)C1. The number of rotatable bonds is 4. The van der Waals surface area contributed by atoms with Crippen LogP contribution < -0.4 is 0 Å². The molecule has 2 atom stereocenters. The van der Waals surface area contributed by atoms with E-state index >= 15 is 0 Å². The Morgan fingerprint density at radius 2 is 2.04 bits per heavy atom. The molecule has 1 amide bonds. The number of morpholine rings is 1. The van der Waals surface area contributed by atoms with Crippen molar-refractivity contribution >= 4 is 16.9 Å². The van der Waals surface area contributed by atoms with Crippen molar-refractivity contribution in [3.8, 4) is 0 Å². The summed E-state index contributed by atoms with van der Waals surface area (Å²) in [6, 6.07) is 7.95. The molecule has 1 aromatic heterocycles. The average Bonchev–Trinajstić information content (AvgIpc) is 3.24.